The summed E-state index contributed by atoms with van der Waals surface area (Å²) >= 11 is 0. The Labute approximate surface area is 619 Å². The van der Waals surface area contributed by atoms with Crippen LogP contribution in [0.2, 0.25) is 0 Å². The Kier molecular flexibility index (Phi) is 97.7. The van der Waals surface area contributed by atoms with Crippen molar-refractivity contribution in [2.24, 2.45) is 0 Å². The van der Waals surface area contributed by atoms with Crippen LogP contribution >= 0.6 is 0 Å². The smallest absolute Gasteiger partial charge is 0.125 e. The van der Waals surface area contributed by atoms with E-state index >= 15 is 0 Å². The van der Waals surface area contributed by atoms with Crippen LogP contribution in [0.1, 0.15) is 251 Å². The van der Waals surface area contributed by atoms with Crippen molar-refractivity contribution in [3.05, 3.63) is 296 Å². The third-order valence-electron chi connectivity index (χ3n) is 10.5. The average molecular weight is 1370 g/mol. The minimum atomic E-state index is 0.829. The molecule has 10 aromatic rings. The molecule has 0 bridgehead atoms. The molecule has 8 aromatic heterocycles. The summed E-state index contributed by atoms with van der Waals surface area (Å²) in [7, 11) is 0. The summed E-state index contributed by atoms with van der Waals surface area (Å²) in [5, 5.41) is 0. The first kappa shape index (κ1) is 113. The molecule has 0 atom stereocenters. The molecule has 10 heteroatoms. The van der Waals surface area contributed by atoms with Gasteiger partial charge in [-0.3, -0.25) is 29.9 Å². The fraction of sp³-hybridized carbons (Fsp3) is 0.444. The van der Waals surface area contributed by atoms with E-state index in [0.717, 1.165) is 56.9 Å². The molecule has 0 N–H and O–H groups in total. The van der Waals surface area contributed by atoms with E-state index in [2.05, 4.69) is 170 Å². The van der Waals surface area contributed by atoms with E-state index in [9.17, 15) is 0 Å². The number of hydrogen-bond donors (Lipinski definition) is 0. The molecule has 10 nitrogen and oxygen atoms in total. The molecule has 0 fully saturated rings. The molecular weight excluding hydrogens is 1220 g/mol. The van der Waals surface area contributed by atoms with E-state index in [0.29, 0.717) is 0 Å². The van der Waals surface area contributed by atoms with Gasteiger partial charge in [0, 0.05) is 96.1 Å². The zero-order valence-corrected chi connectivity index (χ0v) is 71.8. The molecule has 0 saturated heterocycles. The number of aromatic nitrogens is 10. The van der Waals surface area contributed by atoms with Crippen LogP contribution in [-0.4, -0.2) is 49.8 Å². The van der Waals surface area contributed by atoms with Gasteiger partial charge in [0.2, 0.25) is 0 Å². The maximum atomic E-state index is 4.17. The molecule has 0 unspecified atom stereocenters. The first-order valence-electron chi connectivity index (χ1n) is 36.8. The molecule has 560 valence electrons. The Morgan fingerprint density at radius 3 is 0.590 bits per heavy atom. The molecule has 0 aliphatic carbocycles. The lowest BCUT2D eigenvalue weighted by Gasteiger charge is -1.90. The van der Waals surface area contributed by atoms with E-state index in [4.69, 9.17) is 0 Å². The van der Waals surface area contributed by atoms with Gasteiger partial charge in [0.15, 0.2) is 0 Å². The molecule has 0 spiro atoms. The standard InChI is InChI=1S/2C8H10.6C7H9N.2C6H8N2.10C2H6/c1-7-3-5-8(2)6-4-7;1-7-4-3-5-8(2)6-7;1-6-3-7(2)5-8-4-6;2*1-6-3-4-8-7(2)5-6;2*1-6-3-4-7(2)8-5-6;1-6-4-3-5-7(2)8-6;2*1-5-3-7-6(2)8-4-5;10*1-2/h2*3-6H,1-2H3;6*3-5H,1-2H3;2*3-4H,1-2H3;10*1-2H3. The quantitative estimate of drug-likeness (QED) is 0.145. The molecule has 0 amide bonds. The summed E-state index contributed by atoms with van der Waals surface area (Å²) < 4.78 is 0. The number of rotatable bonds is 0. The van der Waals surface area contributed by atoms with Crippen LogP contribution in [0.25, 0.3) is 0 Å². The van der Waals surface area contributed by atoms with Crippen molar-refractivity contribution in [3.63, 3.8) is 0 Å². The maximum absolute atomic E-state index is 4.17. The van der Waals surface area contributed by atoms with Gasteiger partial charge in [-0.05, 0) is 232 Å². The van der Waals surface area contributed by atoms with Gasteiger partial charge in [0.25, 0.3) is 0 Å². The van der Waals surface area contributed by atoms with Gasteiger partial charge < -0.3 is 0 Å². The Balaban J connectivity index is -0.000000109. The number of benzene rings is 2. The van der Waals surface area contributed by atoms with Crippen molar-refractivity contribution in [2.75, 3.05) is 0 Å². The van der Waals surface area contributed by atoms with Crippen molar-refractivity contribution >= 4 is 0 Å². The van der Waals surface area contributed by atoms with Gasteiger partial charge in [-0.25, -0.2) is 19.9 Å². The van der Waals surface area contributed by atoms with E-state index in [1.807, 2.05) is 340 Å². The largest absolute Gasteiger partial charge is 0.264 e. The van der Waals surface area contributed by atoms with Crippen LogP contribution in [0.4, 0.5) is 0 Å². The Bertz CT molecular complexity index is 2480. The topological polar surface area (TPSA) is 129 Å². The van der Waals surface area contributed by atoms with Crippen LogP contribution in [0.3, 0.4) is 0 Å². The maximum Gasteiger partial charge on any atom is 0.125 e. The molecule has 0 aliphatic rings. The molecule has 2 aromatic carbocycles. The third kappa shape index (κ3) is 83.7. The zero-order valence-electron chi connectivity index (χ0n) is 71.8. The minimum Gasteiger partial charge on any atom is -0.264 e. The molecule has 100 heavy (non-hydrogen) atoms. The van der Waals surface area contributed by atoms with Gasteiger partial charge in [0.05, 0.1) is 0 Å². The summed E-state index contributed by atoms with van der Waals surface area (Å²) in [5.41, 5.74) is 21.5. The van der Waals surface area contributed by atoms with Crippen LogP contribution in [0.5, 0.6) is 0 Å². The molecule has 0 saturated carbocycles. The van der Waals surface area contributed by atoms with Gasteiger partial charge in [-0.1, -0.05) is 234 Å². The normalized spacial score (nSPS) is 8.00. The lowest BCUT2D eigenvalue weighted by molar-refractivity contribution is 1.03. The Hall–Kier alpha value is -8.50. The van der Waals surface area contributed by atoms with Gasteiger partial charge in [-0.15, -0.1) is 0 Å². The number of nitrogens with zero attached hydrogens (tertiary/aromatic N) is 10. The first-order chi connectivity index (χ1) is 47.9. The van der Waals surface area contributed by atoms with Crippen molar-refractivity contribution in [1.82, 2.24) is 49.8 Å². The highest BCUT2D eigenvalue weighted by molar-refractivity contribution is 5.21. The minimum absolute atomic E-state index is 0.829. The predicted molar refractivity (Wildman–Crippen MR) is 451 cm³/mol. The highest BCUT2D eigenvalue weighted by atomic mass is 14.8. The lowest BCUT2D eigenvalue weighted by Crippen LogP contribution is -1.84. The summed E-state index contributed by atoms with van der Waals surface area (Å²) in [6.45, 7) is 80.3. The second-order valence-corrected chi connectivity index (χ2v) is 19.8. The van der Waals surface area contributed by atoms with E-state index in [-0.39, 0.29) is 0 Å². The average Bonchev–Trinajstić information content (AvgIpc) is 3.70. The number of hydrogen-bond acceptors (Lipinski definition) is 10. The van der Waals surface area contributed by atoms with E-state index in [1.54, 1.807) is 0 Å². The highest BCUT2D eigenvalue weighted by Crippen LogP contribution is 2.03. The SMILES string of the molecule is CC.CC.CC.CC.CC.CC.CC.CC.CC.CC.Cc1ccc(C)cc1.Cc1ccc(C)nc1.Cc1ccc(C)nc1.Cc1cccc(C)c1.Cc1cccc(C)n1.Cc1ccnc(C)c1.Cc1ccnc(C)c1.Cc1cnc(C)nc1.Cc1cnc(C)nc1.Cc1cncc(C)c1. The van der Waals surface area contributed by atoms with Gasteiger partial charge in [0.1, 0.15) is 11.6 Å². The van der Waals surface area contributed by atoms with Crippen molar-refractivity contribution < 1.29 is 0 Å². The van der Waals surface area contributed by atoms with E-state index < -0.39 is 0 Å². The number of aryl methyl sites for hydroxylation is 20. The summed E-state index contributed by atoms with van der Waals surface area (Å²) in [6.07, 6.45) is 18.3. The Morgan fingerprint density at radius 1 is 0.170 bits per heavy atom. The fourth-order valence-electron chi connectivity index (χ4n) is 6.20. The molecule has 0 aliphatic heterocycles. The fourth-order valence-corrected chi connectivity index (χ4v) is 6.20. The summed E-state index contributed by atoms with van der Waals surface area (Å²) in [4.78, 5) is 40.3. The van der Waals surface area contributed by atoms with Crippen LogP contribution < -0.4 is 0 Å². The first-order valence-corrected chi connectivity index (χ1v) is 36.8. The third-order valence-corrected chi connectivity index (χ3v) is 10.5. The van der Waals surface area contributed by atoms with Gasteiger partial charge in [-0.2, -0.15) is 0 Å². The second-order valence-electron chi connectivity index (χ2n) is 19.8. The summed E-state index contributed by atoms with van der Waals surface area (Å²) in [5.74, 6) is 1.66. The van der Waals surface area contributed by atoms with Crippen molar-refractivity contribution in [3.8, 4) is 0 Å². The zero-order chi connectivity index (χ0) is 79.8. The van der Waals surface area contributed by atoms with Gasteiger partial charge >= 0.3 is 0 Å². The van der Waals surface area contributed by atoms with Crippen LogP contribution in [0, 0.1) is 138 Å². The van der Waals surface area contributed by atoms with Crippen molar-refractivity contribution in [2.45, 2.75) is 277 Å². The molecule has 8 heterocycles. The second kappa shape index (κ2) is 86.6. The predicted octanol–water partition coefficient (Wildman–Crippen LogP) is 27.2. The Morgan fingerprint density at radius 2 is 0.420 bits per heavy atom. The van der Waals surface area contributed by atoms with Crippen LogP contribution in [-0.2, 0) is 0 Å². The number of pyridine rings is 6. The molecular formula is C90H150N10. The highest BCUT2D eigenvalue weighted by Gasteiger charge is 1.88. The van der Waals surface area contributed by atoms with Crippen LogP contribution in [0.15, 0.2) is 183 Å². The van der Waals surface area contributed by atoms with E-state index in [1.165, 1.54) is 55.6 Å². The van der Waals surface area contributed by atoms with Crippen molar-refractivity contribution in [1.29, 1.82) is 0 Å². The summed E-state index contributed by atoms with van der Waals surface area (Å²) in [6, 6.07) is 41.3. The molecule has 0 radical (unpaired) electrons. The lowest BCUT2D eigenvalue weighted by atomic mass is 10.2. The molecule has 10 rings (SSSR count). The monoisotopic (exact) mass is 1370 g/mol.